The molecule has 1 aliphatic rings. The molecule has 0 radical (unpaired) electrons. The SMILES string of the molecule is COc1ccc(Cl)cc1NC(=O)Cn1cnc2nc(N3CCCC3)sc2c1=O. The van der Waals surface area contributed by atoms with Crippen LogP contribution in [0.5, 0.6) is 5.75 Å². The molecule has 0 aliphatic carbocycles. The van der Waals surface area contributed by atoms with Crippen LogP contribution in [0.1, 0.15) is 12.8 Å². The molecule has 1 amide bonds. The van der Waals surface area contributed by atoms with E-state index in [0.717, 1.165) is 31.1 Å². The van der Waals surface area contributed by atoms with Crippen LogP contribution in [0, 0.1) is 0 Å². The highest BCUT2D eigenvalue weighted by molar-refractivity contribution is 7.22. The first-order valence-corrected chi connectivity index (χ1v) is 9.99. The summed E-state index contributed by atoms with van der Waals surface area (Å²) in [5.74, 6) is 0.101. The summed E-state index contributed by atoms with van der Waals surface area (Å²) in [5, 5.41) is 4.00. The second-order valence-electron chi connectivity index (χ2n) is 6.41. The molecule has 1 aliphatic heterocycles. The van der Waals surface area contributed by atoms with Crippen molar-refractivity contribution in [2.45, 2.75) is 19.4 Å². The maximum atomic E-state index is 12.8. The van der Waals surface area contributed by atoms with E-state index in [1.54, 1.807) is 18.2 Å². The Balaban J connectivity index is 1.56. The number of carbonyl (C=O) groups is 1. The minimum absolute atomic E-state index is 0.172. The van der Waals surface area contributed by atoms with Crippen molar-refractivity contribution in [2.75, 3.05) is 30.4 Å². The molecule has 8 nitrogen and oxygen atoms in total. The van der Waals surface area contributed by atoms with E-state index in [-0.39, 0.29) is 18.0 Å². The van der Waals surface area contributed by atoms with Crippen LogP contribution < -0.4 is 20.5 Å². The van der Waals surface area contributed by atoms with Crippen molar-refractivity contribution in [3.05, 3.63) is 39.9 Å². The van der Waals surface area contributed by atoms with Crippen LogP contribution in [0.15, 0.2) is 29.3 Å². The fraction of sp³-hybridized carbons (Fsp3) is 0.333. The number of benzene rings is 1. The molecule has 1 saturated heterocycles. The molecule has 1 N–H and O–H groups in total. The van der Waals surface area contributed by atoms with Crippen molar-refractivity contribution in [3.8, 4) is 5.75 Å². The van der Waals surface area contributed by atoms with Gasteiger partial charge in [0, 0.05) is 18.1 Å². The predicted octanol–water partition coefficient (Wildman–Crippen LogP) is 2.75. The van der Waals surface area contributed by atoms with Crippen LogP contribution in [0.2, 0.25) is 5.02 Å². The summed E-state index contributed by atoms with van der Waals surface area (Å²) in [7, 11) is 1.50. The van der Waals surface area contributed by atoms with Gasteiger partial charge in [0.2, 0.25) is 5.91 Å². The van der Waals surface area contributed by atoms with Gasteiger partial charge in [0.25, 0.3) is 5.56 Å². The second-order valence-corrected chi connectivity index (χ2v) is 7.83. The van der Waals surface area contributed by atoms with Crippen LogP contribution >= 0.6 is 22.9 Å². The number of fused-ring (bicyclic) bond motifs is 1. The maximum absolute atomic E-state index is 12.8. The maximum Gasteiger partial charge on any atom is 0.273 e. The number of nitrogens with one attached hydrogen (secondary N) is 1. The highest BCUT2D eigenvalue weighted by atomic mass is 35.5. The van der Waals surface area contributed by atoms with Crippen molar-refractivity contribution >= 4 is 50.0 Å². The summed E-state index contributed by atoms with van der Waals surface area (Å²) >= 11 is 7.31. The van der Waals surface area contributed by atoms with Crippen molar-refractivity contribution < 1.29 is 9.53 Å². The predicted molar refractivity (Wildman–Crippen MR) is 110 cm³/mol. The second kappa shape index (κ2) is 7.76. The van der Waals surface area contributed by atoms with E-state index in [1.165, 1.54) is 29.3 Å². The number of anilines is 2. The Morgan fingerprint density at radius 3 is 2.89 bits per heavy atom. The molecule has 0 saturated carbocycles. The molecule has 146 valence electrons. The normalized spacial score (nSPS) is 13.9. The summed E-state index contributed by atoms with van der Waals surface area (Å²) < 4.78 is 6.95. The lowest BCUT2D eigenvalue weighted by Crippen LogP contribution is -2.27. The number of thiazole rings is 1. The number of rotatable bonds is 5. The Labute approximate surface area is 169 Å². The molecule has 4 rings (SSSR count). The average molecular weight is 420 g/mol. The number of halogens is 1. The van der Waals surface area contributed by atoms with Gasteiger partial charge in [-0.05, 0) is 31.0 Å². The van der Waals surface area contributed by atoms with Crippen molar-refractivity contribution in [2.24, 2.45) is 0 Å². The lowest BCUT2D eigenvalue weighted by atomic mass is 10.3. The van der Waals surface area contributed by atoms with E-state index in [9.17, 15) is 9.59 Å². The van der Waals surface area contributed by atoms with E-state index in [4.69, 9.17) is 16.3 Å². The van der Waals surface area contributed by atoms with E-state index in [1.807, 2.05) is 0 Å². The summed E-state index contributed by atoms with van der Waals surface area (Å²) in [6.45, 7) is 1.71. The van der Waals surface area contributed by atoms with Crippen molar-refractivity contribution in [3.63, 3.8) is 0 Å². The molecule has 28 heavy (non-hydrogen) atoms. The van der Waals surface area contributed by atoms with Crippen LogP contribution in [0.25, 0.3) is 10.3 Å². The molecule has 3 heterocycles. The number of hydrogen-bond acceptors (Lipinski definition) is 7. The molecule has 1 aromatic carbocycles. The van der Waals surface area contributed by atoms with Crippen LogP contribution in [-0.4, -0.2) is 40.6 Å². The lowest BCUT2D eigenvalue weighted by Gasteiger charge is -2.11. The van der Waals surface area contributed by atoms with Gasteiger partial charge in [0.1, 0.15) is 23.3 Å². The highest BCUT2D eigenvalue weighted by Crippen LogP contribution is 2.29. The van der Waals surface area contributed by atoms with Gasteiger partial charge >= 0.3 is 0 Å². The van der Waals surface area contributed by atoms with Gasteiger partial charge in [-0.2, -0.15) is 4.98 Å². The number of nitrogens with zero attached hydrogens (tertiary/aromatic N) is 4. The monoisotopic (exact) mass is 419 g/mol. The van der Waals surface area contributed by atoms with Crippen LogP contribution in [0.3, 0.4) is 0 Å². The van der Waals surface area contributed by atoms with Crippen LogP contribution in [-0.2, 0) is 11.3 Å². The zero-order valence-corrected chi connectivity index (χ0v) is 16.7. The van der Waals surface area contributed by atoms with Crippen molar-refractivity contribution in [1.29, 1.82) is 0 Å². The number of aromatic nitrogens is 3. The molecule has 2 aromatic heterocycles. The van der Waals surface area contributed by atoms with Crippen LogP contribution in [0.4, 0.5) is 10.8 Å². The van der Waals surface area contributed by atoms with Gasteiger partial charge in [-0.1, -0.05) is 22.9 Å². The van der Waals surface area contributed by atoms with E-state index in [2.05, 4.69) is 20.2 Å². The van der Waals surface area contributed by atoms with Gasteiger partial charge in [0.05, 0.1) is 12.8 Å². The standard InChI is InChI=1S/C18H18ClN5O3S/c1-27-13-5-4-11(19)8-12(13)21-14(25)9-24-10-20-16-15(17(24)26)28-18(22-16)23-6-2-3-7-23/h4-5,8,10H,2-3,6-7,9H2,1H3,(H,21,25). The molecule has 10 heteroatoms. The third kappa shape index (κ3) is 3.67. The summed E-state index contributed by atoms with van der Waals surface area (Å²) in [6.07, 6.45) is 3.61. The minimum atomic E-state index is -0.381. The van der Waals surface area contributed by atoms with Gasteiger partial charge in [-0.3, -0.25) is 14.2 Å². The number of amides is 1. The Hall–Kier alpha value is -2.65. The Bertz CT molecular complexity index is 1090. The molecule has 0 unspecified atom stereocenters. The fourth-order valence-corrected chi connectivity index (χ4v) is 4.31. The zero-order chi connectivity index (χ0) is 19.7. The number of methoxy groups -OCH3 is 1. The van der Waals surface area contributed by atoms with Gasteiger partial charge in [0.15, 0.2) is 10.8 Å². The fourth-order valence-electron chi connectivity index (χ4n) is 3.11. The van der Waals surface area contributed by atoms with Gasteiger partial charge in [-0.15, -0.1) is 0 Å². The number of ether oxygens (including phenoxy) is 1. The zero-order valence-electron chi connectivity index (χ0n) is 15.1. The summed E-state index contributed by atoms with van der Waals surface area (Å²) in [5.41, 5.74) is 0.586. The molecule has 1 fully saturated rings. The minimum Gasteiger partial charge on any atom is -0.495 e. The third-order valence-electron chi connectivity index (χ3n) is 4.50. The molecule has 0 spiro atoms. The largest absolute Gasteiger partial charge is 0.495 e. The van der Waals surface area contributed by atoms with E-state index >= 15 is 0 Å². The molecule has 0 bridgehead atoms. The Kier molecular flexibility index (Phi) is 5.19. The topological polar surface area (TPSA) is 89.3 Å². The summed E-state index contributed by atoms with van der Waals surface area (Å²) in [4.78, 5) is 36.1. The first-order valence-electron chi connectivity index (χ1n) is 8.79. The third-order valence-corrected chi connectivity index (χ3v) is 5.83. The van der Waals surface area contributed by atoms with E-state index in [0.29, 0.717) is 26.8 Å². The van der Waals surface area contributed by atoms with Gasteiger partial charge < -0.3 is 15.0 Å². The molecular formula is C18H18ClN5O3S. The van der Waals surface area contributed by atoms with E-state index < -0.39 is 0 Å². The smallest absolute Gasteiger partial charge is 0.273 e. The molecular weight excluding hydrogens is 402 g/mol. The quantitative estimate of drug-likeness (QED) is 0.684. The Morgan fingerprint density at radius 2 is 2.14 bits per heavy atom. The Morgan fingerprint density at radius 1 is 1.36 bits per heavy atom. The van der Waals surface area contributed by atoms with Crippen molar-refractivity contribution in [1.82, 2.24) is 14.5 Å². The molecule has 0 atom stereocenters. The van der Waals surface area contributed by atoms with Gasteiger partial charge in [-0.25, -0.2) is 4.98 Å². The average Bonchev–Trinajstić information content (AvgIpc) is 3.34. The number of hydrogen-bond donors (Lipinski definition) is 1. The first-order chi connectivity index (χ1) is 13.5. The highest BCUT2D eigenvalue weighted by Gasteiger charge is 2.19. The summed E-state index contributed by atoms with van der Waals surface area (Å²) in [6, 6.07) is 4.92. The first kappa shape index (κ1) is 18.7. The molecule has 3 aromatic rings. The lowest BCUT2D eigenvalue weighted by molar-refractivity contribution is -0.116. The number of carbonyl (C=O) groups excluding carboxylic acids is 1.